The van der Waals surface area contributed by atoms with E-state index < -0.39 is 5.97 Å². The zero-order chi connectivity index (χ0) is 13.8. The van der Waals surface area contributed by atoms with E-state index >= 15 is 0 Å². The fraction of sp³-hybridized carbons (Fsp3) is 0.692. The molecule has 0 aromatic carbocycles. The summed E-state index contributed by atoms with van der Waals surface area (Å²) in [5.41, 5.74) is 0.563. The van der Waals surface area contributed by atoms with Gasteiger partial charge in [-0.3, -0.25) is 0 Å². The summed E-state index contributed by atoms with van der Waals surface area (Å²) >= 11 is 0. The van der Waals surface area contributed by atoms with E-state index in [1.165, 1.54) is 0 Å². The predicted molar refractivity (Wildman–Crippen MR) is 69.4 cm³/mol. The van der Waals surface area contributed by atoms with E-state index in [2.05, 4.69) is 4.98 Å². The summed E-state index contributed by atoms with van der Waals surface area (Å²) in [4.78, 5) is 18.0. The van der Waals surface area contributed by atoms with Crippen molar-refractivity contribution in [2.45, 2.75) is 32.8 Å². The number of oxazole rings is 1. The van der Waals surface area contributed by atoms with Crippen molar-refractivity contribution in [1.82, 2.24) is 4.98 Å². The summed E-state index contributed by atoms with van der Waals surface area (Å²) in [5, 5.41) is 0. The average molecular weight is 268 g/mol. The number of methoxy groups -OCH3 is 1. The minimum Gasteiger partial charge on any atom is -0.460 e. The standard InChI is InChI=1S/C13H20N2O4/c1-4-18-12(16)11-9(2)14-13(19-11)15-7-5-6-10(8-15)17-3/h10H,4-8H2,1-3H3. The highest BCUT2D eigenvalue weighted by Gasteiger charge is 2.26. The van der Waals surface area contributed by atoms with Crippen molar-refractivity contribution in [3.05, 3.63) is 11.5 Å². The van der Waals surface area contributed by atoms with Crippen LogP contribution in [-0.2, 0) is 9.47 Å². The van der Waals surface area contributed by atoms with Gasteiger partial charge in [0.2, 0.25) is 5.76 Å². The third-order valence-corrected chi connectivity index (χ3v) is 3.23. The monoisotopic (exact) mass is 268 g/mol. The molecule has 2 heterocycles. The number of hydrogen-bond donors (Lipinski definition) is 0. The molecule has 0 bridgehead atoms. The van der Waals surface area contributed by atoms with Crippen molar-refractivity contribution in [2.75, 3.05) is 31.7 Å². The van der Waals surface area contributed by atoms with Crippen LogP contribution in [-0.4, -0.2) is 43.9 Å². The molecule has 106 valence electrons. The first-order chi connectivity index (χ1) is 9.15. The highest BCUT2D eigenvalue weighted by molar-refractivity contribution is 5.87. The second kappa shape index (κ2) is 6.06. The first kappa shape index (κ1) is 13.9. The Kier molecular flexibility index (Phi) is 4.42. The largest absolute Gasteiger partial charge is 0.460 e. The molecule has 6 nitrogen and oxygen atoms in total. The van der Waals surface area contributed by atoms with Gasteiger partial charge in [0.15, 0.2) is 0 Å². The topological polar surface area (TPSA) is 64.8 Å². The van der Waals surface area contributed by atoms with Crippen LogP contribution in [0.15, 0.2) is 4.42 Å². The molecule has 1 aromatic rings. The van der Waals surface area contributed by atoms with Gasteiger partial charge in [-0.25, -0.2) is 4.79 Å². The Labute approximate surface area is 112 Å². The number of piperidine rings is 1. The number of aromatic nitrogens is 1. The van der Waals surface area contributed by atoms with E-state index in [9.17, 15) is 4.79 Å². The molecule has 6 heteroatoms. The maximum Gasteiger partial charge on any atom is 0.376 e. The second-order valence-electron chi connectivity index (χ2n) is 4.58. The highest BCUT2D eigenvalue weighted by atomic mass is 16.5. The van der Waals surface area contributed by atoms with Crippen LogP contribution in [0.4, 0.5) is 6.01 Å². The highest BCUT2D eigenvalue weighted by Crippen LogP contribution is 2.23. The van der Waals surface area contributed by atoms with E-state index in [0.29, 0.717) is 18.3 Å². The third kappa shape index (κ3) is 3.07. The van der Waals surface area contributed by atoms with Gasteiger partial charge in [0.05, 0.1) is 18.4 Å². The smallest absolute Gasteiger partial charge is 0.376 e. The van der Waals surface area contributed by atoms with Crippen LogP contribution in [0.25, 0.3) is 0 Å². The number of ether oxygens (including phenoxy) is 2. The molecule has 0 amide bonds. The fourth-order valence-corrected chi connectivity index (χ4v) is 2.21. The number of carbonyl (C=O) groups excluding carboxylic acids is 1. The minimum absolute atomic E-state index is 0.187. The SMILES string of the molecule is CCOC(=O)c1oc(N2CCCC(OC)C2)nc1C. The van der Waals surface area contributed by atoms with Gasteiger partial charge in [-0.05, 0) is 26.7 Å². The van der Waals surface area contributed by atoms with Crippen molar-refractivity contribution in [3.63, 3.8) is 0 Å². The van der Waals surface area contributed by atoms with Crippen molar-refractivity contribution >= 4 is 12.0 Å². The van der Waals surface area contributed by atoms with E-state index in [1.807, 2.05) is 4.90 Å². The molecule has 0 N–H and O–H groups in total. The van der Waals surface area contributed by atoms with Crippen molar-refractivity contribution in [1.29, 1.82) is 0 Å². The summed E-state index contributed by atoms with van der Waals surface area (Å²) in [6.45, 7) is 5.43. The minimum atomic E-state index is -0.459. The summed E-state index contributed by atoms with van der Waals surface area (Å²) in [6.07, 6.45) is 2.25. The van der Waals surface area contributed by atoms with Gasteiger partial charge in [-0.15, -0.1) is 0 Å². The predicted octanol–water partition coefficient (Wildman–Crippen LogP) is 1.77. The molecule has 1 aliphatic rings. The van der Waals surface area contributed by atoms with E-state index in [4.69, 9.17) is 13.9 Å². The zero-order valence-electron chi connectivity index (χ0n) is 11.6. The van der Waals surface area contributed by atoms with Gasteiger partial charge < -0.3 is 18.8 Å². The molecular weight excluding hydrogens is 248 g/mol. The Morgan fingerprint density at radius 3 is 3.05 bits per heavy atom. The summed E-state index contributed by atoms with van der Waals surface area (Å²) in [7, 11) is 1.71. The molecule has 0 saturated carbocycles. The number of anilines is 1. The van der Waals surface area contributed by atoms with E-state index in [0.717, 1.165) is 25.9 Å². The molecule has 1 aliphatic heterocycles. The lowest BCUT2D eigenvalue weighted by molar-refractivity contribution is 0.0489. The van der Waals surface area contributed by atoms with Gasteiger partial charge in [-0.2, -0.15) is 4.98 Å². The summed E-state index contributed by atoms with van der Waals surface area (Å²) in [5.74, 6) is -0.268. The molecule has 0 radical (unpaired) electrons. The van der Waals surface area contributed by atoms with Gasteiger partial charge in [0.25, 0.3) is 6.01 Å². The van der Waals surface area contributed by atoms with Crippen molar-refractivity contribution in [2.24, 2.45) is 0 Å². The molecule has 0 aliphatic carbocycles. The third-order valence-electron chi connectivity index (χ3n) is 3.23. The van der Waals surface area contributed by atoms with E-state index in [-0.39, 0.29) is 11.9 Å². The molecule has 1 fully saturated rings. The Bertz CT molecular complexity index is 444. The number of nitrogens with zero attached hydrogens (tertiary/aromatic N) is 2. The maximum absolute atomic E-state index is 11.7. The van der Waals surface area contributed by atoms with Crippen LogP contribution in [0, 0.1) is 6.92 Å². The lowest BCUT2D eigenvalue weighted by atomic mass is 10.1. The molecule has 1 atom stereocenters. The Morgan fingerprint density at radius 2 is 2.37 bits per heavy atom. The molecular formula is C13H20N2O4. The normalized spacial score (nSPS) is 19.5. The Hall–Kier alpha value is -1.56. The zero-order valence-corrected chi connectivity index (χ0v) is 11.6. The lowest BCUT2D eigenvalue weighted by Gasteiger charge is -2.30. The molecule has 1 saturated heterocycles. The van der Waals surface area contributed by atoms with Gasteiger partial charge >= 0.3 is 5.97 Å². The van der Waals surface area contributed by atoms with Crippen LogP contribution in [0.1, 0.15) is 36.0 Å². The van der Waals surface area contributed by atoms with Crippen molar-refractivity contribution in [3.8, 4) is 0 Å². The number of hydrogen-bond acceptors (Lipinski definition) is 6. The van der Waals surface area contributed by atoms with Crippen LogP contribution in [0.2, 0.25) is 0 Å². The molecule has 1 aromatic heterocycles. The maximum atomic E-state index is 11.7. The molecule has 19 heavy (non-hydrogen) atoms. The lowest BCUT2D eigenvalue weighted by Crippen LogP contribution is -2.39. The van der Waals surface area contributed by atoms with Gasteiger partial charge in [0.1, 0.15) is 0 Å². The summed E-state index contributed by atoms with van der Waals surface area (Å²) in [6, 6.07) is 0.474. The van der Waals surface area contributed by atoms with Crippen LogP contribution < -0.4 is 4.90 Å². The number of aryl methyl sites for hydroxylation is 1. The number of rotatable bonds is 4. The van der Waals surface area contributed by atoms with Crippen LogP contribution >= 0.6 is 0 Å². The number of carbonyl (C=O) groups is 1. The van der Waals surface area contributed by atoms with Gasteiger partial charge in [0, 0.05) is 20.2 Å². The average Bonchev–Trinajstić information content (AvgIpc) is 2.81. The van der Waals surface area contributed by atoms with Crippen molar-refractivity contribution < 1.29 is 18.7 Å². The Balaban J connectivity index is 2.13. The molecule has 1 unspecified atom stereocenters. The van der Waals surface area contributed by atoms with Gasteiger partial charge in [-0.1, -0.05) is 0 Å². The van der Waals surface area contributed by atoms with Crippen LogP contribution in [0.3, 0.4) is 0 Å². The second-order valence-corrected chi connectivity index (χ2v) is 4.58. The molecule has 0 spiro atoms. The Morgan fingerprint density at radius 1 is 1.58 bits per heavy atom. The fourth-order valence-electron chi connectivity index (χ4n) is 2.21. The number of esters is 1. The van der Waals surface area contributed by atoms with Crippen LogP contribution in [0.5, 0.6) is 0 Å². The quantitative estimate of drug-likeness (QED) is 0.775. The first-order valence-corrected chi connectivity index (χ1v) is 6.58. The molecule has 2 rings (SSSR count). The van der Waals surface area contributed by atoms with E-state index in [1.54, 1.807) is 21.0 Å². The first-order valence-electron chi connectivity index (χ1n) is 6.58. The summed E-state index contributed by atoms with van der Waals surface area (Å²) < 4.78 is 15.8.